The molecule has 0 radical (unpaired) electrons. The summed E-state index contributed by atoms with van der Waals surface area (Å²) in [5.41, 5.74) is 1.79. The van der Waals surface area contributed by atoms with E-state index in [0.29, 0.717) is 22.8 Å². The number of methoxy groups -OCH3 is 1. The van der Waals surface area contributed by atoms with Gasteiger partial charge < -0.3 is 25.3 Å². The van der Waals surface area contributed by atoms with Crippen LogP contribution in [0.1, 0.15) is 68.7 Å². The Bertz CT molecular complexity index is 1570. The number of nitrogens with one attached hydrogen (secondary N) is 3. The van der Waals surface area contributed by atoms with Crippen LogP contribution in [0.2, 0.25) is 5.02 Å². The second-order valence-corrected chi connectivity index (χ2v) is 13.3. The number of halogens is 1. The summed E-state index contributed by atoms with van der Waals surface area (Å²) >= 11 is 6.20. The topological polar surface area (TPSA) is 104 Å². The molecule has 0 fully saturated rings. The van der Waals surface area contributed by atoms with Crippen LogP contribution in [0.15, 0.2) is 78.9 Å². The van der Waals surface area contributed by atoms with E-state index in [1.54, 1.807) is 37.4 Å². The Morgan fingerprint density at radius 1 is 0.932 bits per heavy atom. The molecule has 4 aromatic rings. The van der Waals surface area contributed by atoms with Crippen LogP contribution < -0.4 is 15.4 Å². The molecule has 1 aromatic heterocycles. The number of hydrogen-bond acceptors (Lipinski definition) is 4. The third kappa shape index (κ3) is 8.63. The normalized spacial score (nSPS) is 12.4. The van der Waals surface area contributed by atoms with Gasteiger partial charge in [-0.3, -0.25) is 14.4 Å². The predicted octanol–water partition coefficient (Wildman–Crippen LogP) is 6.66. The number of benzene rings is 3. The number of hydrogen-bond donors (Lipinski definition) is 3. The van der Waals surface area contributed by atoms with E-state index in [0.717, 1.165) is 16.5 Å². The Morgan fingerprint density at radius 3 is 2.20 bits per heavy atom. The van der Waals surface area contributed by atoms with E-state index in [1.165, 1.54) is 4.90 Å². The third-order valence-corrected chi connectivity index (χ3v) is 7.42. The van der Waals surface area contributed by atoms with Crippen molar-refractivity contribution in [2.75, 3.05) is 13.7 Å². The van der Waals surface area contributed by atoms with Crippen molar-refractivity contribution in [1.29, 1.82) is 0 Å². The largest absolute Gasteiger partial charge is 0.497 e. The first kappa shape index (κ1) is 32.6. The van der Waals surface area contributed by atoms with Crippen molar-refractivity contribution in [2.45, 2.75) is 59.2 Å². The average Bonchev–Trinajstić information content (AvgIpc) is 3.39. The van der Waals surface area contributed by atoms with Gasteiger partial charge in [0.25, 0.3) is 5.91 Å². The Balaban J connectivity index is 1.70. The minimum atomic E-state index is -1.11. The molecule has 0 aliphatic rings. The number of H-pyrrole nitrogens is 1. The molecule has 0 saturated heterocycles. The highest BCUT2D eigenvalue weighted by Crippen LogP contribution is 2.30. The predicted molar refractivity (Wildman–Crippen MR) is 175 cm³/mol. The van der Waals surface area contributed by atoms with Gasteiger partial charge in [-0.15, -0.1) is 0 Å². The van der Waals surface area contributed by atoms with Gasteiger partial charge in [-0.05, 0) is 73.2 Å². The molecule has 1 heterocycles. The number of amides is 3. The van der Waals surface area contributed by atoms with E-state index in [2.05, 4.69) is 36.4 Å². The summed E-state index contributed by atoms with van der Waals surface area (Å²) < 4.78 is 5.22. The fourth-order valence-electron chi connectivity index (χ4n) is 5.67. The number of nitrogens with zero attached hydrogens (tertiary/aromatic N) is 1. The SMILES string of the molecule is COc1ccc(CNC(=O)CN(C(=O)c2cc3ccccc3[nH]2)C(C(=O)NC(C)(C)CC(C)(C)C)c2ccc(Cl)cc2)cc1. The van der Waals surface area contributed by atoms with Crippen molar-refractivity contribution in [3.05, 3.63) is 101 Å². The average molecular weight is 617 g/mol. The molecule has 0 saturated carbocycles. The van der Waals surface area contributed by atoms with E-state index >= 15 is 0 Å². The van der Waals surface area contributed by atoms with E-state index in [1.807, 2.05) is 62.4 Å². The van der Waals surface area contributed by atoms with Gasteiger partial charge >= 0.3 is 0 Å². The monoisotopic (exact) mass is 616 g/mol. The first-order valence-electron chi connectivity index (χ1n) is 14.6. The fraction of sp³-hybridized carbons (Fsp3) is 0.343. The van der Waals surface area contributed by atoms with Gasteiger partial charge in [-0.1, -0.05) is 74.8 Å². The lowest BCUT2D eigenvalue weighted by Crippen LogP contribution is -2.53. The molecule has 8 nitrogen and oxygen atoms in total. The molecule has 0 spiro atoms. The van der Waals surface area contributed by atoms with Crippen molar-refractivity contribution in [1.82, 2.24) is 20.5 Å². The zero-order valence-electron chi connectivity index (χ0n) is 26.2. The van der Waals surface area contributed by atoms with Crippen molar-refractivity contribution >= 4 is 40.2 Å². The summed E-state index contributed by atoms with van der Waals surface area (Å²) in [5.74, 6) is -0.578. The van der Waals surface area contributed by atoms with E-state index in [9.17, 15) is 14.4 Å². The van der Waals surface area contributed by atoms with Crippen molar-refractivity contribution < 1.29 is 19.1 Å². The van der Waals surface area contributed by atoms with Gasteiger partial charge in [-0.2, -0.15) is 0 Å². The van der Waals surface area contributed by atoms with Crippen LogP contribution in [0, 0.1) is 5.41 Å². The summed E-state index contributed by atoms with van der Waals surface area (Å²) in [4.78, 5) is 46.4. The number of fused-ring (bicyclic) bond motifs is 1. The van der Waals surface area contributed by atoms with Crippen LogP contribution in [0.3, 0.4) is 0 Å². The van der Waals surface area contributed by atoms with Crippen LogP contribution in [0.25, 0.3) is 10.9 Å². The molecule has 0 aliphatic heterocycles. The number of carbonyl (C=O) groups excluding carboxylic acids is 3. The lowest BCUT2D eigenvalue weighted by molar-refractivity contribution is -0.129. The quantitative estimate of drug-likeness (QED) is 0.175. The summed E-state index contributed by atoms with van der Waals surface area (Å²) in [5, 5.41) is 7.40. The summed E-state index contributed by atoms with van der Waals surface area (Å²) in [7, 11) is 1.59. The number of ether oxygens (including phenoxy) is 1. The number of carbonyl (C=O) groups is 3. The van der Waals surface area contributed by atoms with Gasteiger partial charge in [0.2, 0.25) is 11.8 Å². The van der Waals surface area contributed by atoms with Gasteiger partial charge in [0.1, 0.15) is 24.0 Å². The Morgan fingerprint density at radius 2 is 1.59 bits per heavy atom. The Hall–Kier alpha value is -4.30. The van der Waals surface area contributed by atoms with E-state index < -0.39 is 29.3 Å². The molecule has 3 aromatic carbocycles. The Labute approximate surface area is 264 Å². The summed E-state index contributed by atoms with van der Waals surface area (Å²) in [6.07, 6.45) is 0.692. The maximum Gasteiger partial charge on any atom is 0.271 e. The minimum Gasteiger partial charge on any atom is -0.497 e. The van der Waals surface area contributed by atoms with E-state index in [4.69, 9.17) is 16.3 Å². The maximum atomic E-state index is 14.3. The number of rotatable bonds is 11. The highest BCUT2D eigenvalue weighted by Gasteiger charge is 2.37. The molecular weight excluding hydrogens is 576 g/mol. The first-order chi connectivity index (χ1) is 20.7. The van der Waals surface area contributed by atoms with Gasteiger partial charge in [0.05, 0.1) is 7.11 Å². The lowest BCUT2D eigenvalue weighted by Gasteiger charge is -2.37. The lowest BCUT2D eigenvalue weighted by atomic mass is 9.81. The number of para-hydroxylation sites is 1. The van der Waals surface area contributed by atoms with E-state index in [-0.39, 0.29) is 24.2 Å². The standard InChI is InChI=1S/C35H41ClN4O4/c1-34(2,3)22-35(4,5)39-32(42)31(24-13-15-26(36)16-14-24)40(33(43)29-19-25-9-7-8-10-28(25)38-29)21-30(41)37-20-23-11-17-27(44-6)18-12-23/h7-19,31,38H,20-22H2,1-6H3,(H,37,41)(H,39,42). The molecule has 232 valence electrons. The fourth-order valence-corrected chi connectivity index (χ4v) is 5.79. The Kier molecular flexibility index (Phi) is 10.0. The second kappa shape index (κ2) is 13.6. The van der Waals surface area contributed by atoms with Crippen molar-refractivity contribution in [3.63, 3.8) is 0 Å². The maximum absolute atomic E-state index is 14.3. The highest BCUT2D eigenvalue weighted by molar-refractivity contribution is 6.30. The minimum absolute atomic E-state index is 0.0618. The zero-order valence-corrected chi connectivity index (χ0v) is 26.9. The summed E-state index contributed by atoms with van der Waals surface area (Å²) in [6, 6.07) is 22.3. The molecule has 9 heteroatoms. The van der Waals surface area contributed by atoms with Gasteiger partial charge in [0, 0.05) is 28.0 Å². The first-order valence-corrected chi connectivity index (χ1v) is 15.0. The molecule has 0 aliphatic carbocycles. The van der Waals surface area contributed by atoms with Gasteiger partial charge in [0.15, 0.2) is 0 Å². The number of aromatic nitrogens is 1. The molecule has 4 rings (SSSR count). The third-order valence-electron chi connectivity index (χ3n) is 7.16. The molecule has 3 amide bonds. The second-order valence-electron chi connectivity index (χ2n) is 12.9. The van der Waals surface area contributed by atoms with Crippen LogP contribution in [0.4, 0.5) is 0 Å². The molecule has 0 bridgehead atoms. The van der Waals surface area contributed by atoms with Gasteiger partial charge in [-0.25, -0.2) is 0 Å². The zero-order chi connectivity index (χ0) is 32.1. The smallest absolute Gasteiger partial charge is 0.271 e. The highest BCUT2D eigenvalue weighted by atomic mass is 35.5. The van der Waals surface area contributed by atoms with Crippen LogP contribution >= 0.6 is 11.6 Å². The van der Waals surface area contributed by atoms with Crippen molar-refractivity contribution in [2.24, 2.45) is 5.41 Å². The molecule has 1 unspecified atom stereocenters. The molecule has 1 atom stereocenters. The molecule has 3 N–H and O–H groups in total. The van der Waals surface area contributed by atoms with Crippen LogP contribution in [-0.2, 0) is 16.1 Å². The molecule has 44 heavy (non-hydrogen) atoms. The van der Waals surface area contributed by atoms with Crippen LogP contribution in [0.5, 0.6) is 5.75 Å². The van der Waals surface area contributed by atoms with Crippen LogP contribution in [-0.4, -0.2) is 46.8 Å². The molecular formula is C35H41ClN4O4. The number of aromatic amines is 1. The summed E-state index contributed by atoms with van der Waals surface area (Å²) in [6.45, 7) is 10.1. The van der Waals surface area contributed by atoms with Crippen molar-refractivity contribution in [3.8, 4) is 5.75 Å².